The number of allylic oxidation sites excluding steroid dienone is 1. The number of nitrogens with two attached hydrogens (primary N) is 2. The molecule has 0 fully saturated rings. The lowest BCUT2D eigenvalue weighted by atomic mass is 9.82. The quantitative estimate of drug-likeness (QED) is 0.556. The number of carbonyl (C=O) groups excluding carboxylic acids is 1. The Labute approximate surface area is 177 Å². The number of para-hydroxylation sites is 1. The summed E-state index contributed by atoms with van der Waals surface area (Å²) in [6.45, 7) is -0.303. The van der Waals surface area contributed by atoms with Gasteiger partial charge in [-0.05, 0) is 18.2 Å². The Balaban J connectivity index is 1.91. The van der Waals surface area contributed by atoms with Gasteiger partial charge in [-0.1, -0.05) is 30.3 Å². The Morgan fingerprint density at radius 3 is 2.84 bits per heavy atom. The number of aromatic nitrogens is 2. The normalized spacial score (nSPS) is 14.9. The van der Waals surface area contributed by atoms with E-state index in [1.807, 2.05) is 24.3 Å². The highest BCUT2D eigenvalue weighted by Crippen LogP contribution is 2.48. The molecule has 31 heavy (non-hydrogen) atoms. The number of primary amides is 1. The van der Waals surface area contributed by atoms with Gasteiger partial charge >= 0.3 is 0 Å². The molecule has 1 atom stereocenters. The van der Waals surface area contributed by atoms with Crippen LogP contribution in [0, 0.1) is 11.3 Å². The summed E-state index contributed by atoms with van der Waals surface area (Å²) < 4.78 is 16.6. The molecule has 0 aliphatic carbocycles. The number of H-pyrrole nitrogens is 1. The van der Waals surface area contributed by atoms with E-state index >= 15 is 0 Å². The summed E-state index contributed by atoms with van der Waals surface area (Å²) in [6.07, 6.45) is 0. The van der Waals surface area contributed by atoms with Gasteiger partial charge in [-0.2, -0.15) is 5.26 Å². The van der Waals surface area contributed by atoms with Gasteiger partial charge < -0.3 is 25.7 Å². The summed E-state index contributed by atoms with van der Waals surface area (Å²) in [5.74, 6) is 0.0148. The number of benzene rings is 2. The van der Waals surface area contributed by atoms with Gasteiger partial charge in [-0.25, -0.2) is 0 Å². The number of nitrogens with one attached hydrogen (secondary N) is 1. The van der Waals surface area contributed by atoms with Gasteiger partial charge in [0.1, 0.15) is 23.1 Å². The molecule has 9 heteroatoms. The van der Waals surface area contributed by atoms with Crippen LogP contribution in [0.15, 0.2) is 60.0 Å². The molecule has 1 unspecified atom stereocenters. The van der Waals surface area contributed by atoms with Crippen LogP contribution in [0.2, 0.25) is 0 Å². The number of amides is 1. The predicted molar refractivity (Wildman–Crippen MR) is 111 cm³/mol. The molecular weight excluding hydrogens is 398 g/mol. The minimum absolute atomic E-state index is 0.0478. The molecule has 1 aromatic heterocycles. The van der Waals surface area contributed by atoms with Crippen molar-refractivity contribution < 1.29 is 19.0 Å². The molecule has 9 nitrogen and oxygen atoms in total. The number of nitriles is 1. The van der Waals surface area contributed by atoms with E-state index in [4.69, 9.17) is 25.7 Å². The first-order valence-electron chi connectivity index (χ1n) is 9.33. The molecule has 0 saturated carbocycles. The molecule has 156 valence electrons. The standard InChI is InChI=1S/C22H19N5O4/c1-29-13-6-4-5-12(9-13)20-19-18(15(10-23)21(25)31-22(19)27-26-20)14-7-2-3-8-16(14)30-11-17(24)28/h2-9,18H,11,25H2,1H3,(H2,24,28)(H,26,27). The Bertz CT molecular complexity index is 1220. The second kappa shape index (κ2) is 8.12. The topological polar surface area (TPSA) is 149 Å². The number of aromatic amines is 1. The summed E-state index contributed by atoms with van der Waals surface area (Å²) in [4.78, 5) is 11.3. The molecule has 1 aliphatic heterocycles. The first kappa shape index (κ1) is 19.8. The zero-order chi connectivity index (χ0) is 22.0. The number of fused-ring (bicyclic) bond motifs is 1. The van der Waals surface area contributed by atoms with Gasteiger partial charge in [0.2, 0.25) is 11.8 Å². The van der Waals surface area contributed by atoms with Gasteiger partial charge in [0.25, 0.3) is 5.91 Å². The number of hydrogen-bond donors (Lipinski definition) is 3. The molecule has 0 radical (unpaired) electrons. The lowest BCUT2D eigenvalue weighted by Crippen LogP contribution is -2.23. The SMILES string of the molecule is COc1cccc(-c2[nH]nc3c2C(c2ccccc2OCC(N)=O)C(C#N)=C(N)O3)c1. The van der Waals surface area contributed by atoms with Crippen LogP contribution < -0.4 is 25.7 Å². The van der Waals surface area contributed by atoms with E-state index in [0.29, 0.717) is 28.3 Å². The molecular formula is C22H19N5O4. The summed E-state index contributed by atoms with van der Waals surface area (Å²) in [5, 5.41) is 17.1. The molecule has 1 amide bonds. The van der Waals surface area contributed by atoms with Crippen molar-refractivity contribution in [2.24, 2.45) is 11.5 Å². The summed E-state index contributed by atoms with van der Waals surface area (Å²) in [5.41, 5.74) is 14.2. The van der Waals surface area contributed by atoms with Crippen LogP contribution >= 0.6 is 0 Å². The molecule has 4 rings (SSSR count). The number of nitrogens with zero attached hydrogens (tertiary/aromatic N) is 2. The van der Waals surface area contributed by atoms with E-state index in [2.05, 4.69) is 16.3 Å². The molecule has 5 N–H and O–H groups in total. The van der Waals surface area contributed by atoms with Gasteiger partial charge in [-0.3, -0.25) is 9.89 Å². The lowest BCUT2D eigenvalue weighted by molar-refractivity contribution is -0.119. The summed E-state index contributed by atoms with van der Waals surface area (Å²) in [7, 11) is 1.58. The average Bonchev–Trinajstić information content (AvgIpc) is 3.20. The maximum absolute atomic E-state index is 11.3. The minimum atomic E-state index is -0.641. The highest BCUT2D eigenvalue weighted by molar-refractivity contribution is 5.76. The van der Waals surface area contributed by atoms with Crippen molar-refractivity contribution >= 4 is 5.91 Å². The first-order valence-corrected chi connectivity index (χ1v) is 9.33. The molecule has 3 aromatic rings. The van der Waals surface area contributed by atoms with Crippen molar-refractivity contribution in [3.8, 4) is 34.7 Å². The Kier molecular flexibility index (Phi) is 5.20. The van der Waals surface area contributed by atoms with Crippen molar-refractivity contribution in [2.45, 2.75) is 5.92 Å². The van der Waals surface area contributed by atoms with E-state index in [1.54, 1.807) is 31.4 Å². The maximum Gasteiger partial charge on any atom is 0.255 e. The third kappa shape index (κ3) is 3.62. The predicted octanol–water partition coefficient (Wildman–Crippen LogP) is 2.17. The summed E-state index contributed by atoms with van der Waals surface area (Å²) >= 11 is 0. The van der Waals surface area contributed by atoms with E-state index in [-0.39, 0.29) is 23.9 Å². The third-order valence-corrected chi connectivity index (χ3v) is 4.90. The smallest absolute Gasteiger partial charge is 0.255 e. The minimum Gasteiger partial charge on any atom is -0.497 e. The van der Waals surface area contributed by atoms with Crippen LogP contribution in [0.25, 0.3) is 11.3 Å². The van der Waals surface area contributed by atoms with Crippen molar-refractivity contribution in [1.29, 1.82) is 5.26 Å². The van der Waals surface area contributed by atoms with E-state index < -0.39 is 11.8 Å². The zero-order valence-corrected chi connectivity index (χ0v) is 16.6. The molecule has 0 bridgehead atoms. The van der Waals surface area contributed by atoms with Crippen molar-refractivity contribution in [3.05, 3.63) is 71.1 Å². The van der Waals surface area contributed by atoms with Gasteiger partial charge in [0.05, 0.1) is 24.3 Å². The van der Waals surface area contributed by atoms with Crippen molar-refractivity contribution in [3.63, 3.8) is 0 Å². The fourth-order valence-electron chi connectivity index (χ4n) is 3.55. The summed E-state index contributed by atoms with van der Waals surface area (Å²) in [6, 6.07) is 16.6. The van der Waals surface area contributed by atoms with Crippen LogP contribution in [0.5, 0.6) is 17.4 Å². The molecule has 2 heterocycles. The zero-order valence-electron chi connectivity index (χ0n) is 16.6. The molecule has 0 spiro atoms. The molecule has 0 saturated heterocycles. The number of methoxy groups -OCH3 is 1. The van der Waals surface area contributed by atoms with Crippen LogP contribution in [-0.4, -0.2) is 29.8 Å². The van der Waals surface area contributed by atoms with Gasteiger partial charge in [-0.15, -0.1) is 5.10 Å². The Morgan fingerprint density at radius 1 is 1.29 bits per heavy atom. The number of hydrogen-bond acceptors (Lipinski definition) is 7. The highest BCUT2D eigenvalue weighted by atomic mass is 16.5. The van der Waals surface area contributed by atoms with Gasteiger partial charge in [0.15, 0.2) is 6.61 Å². The Hall–Kier alpha value is -4.45. The van der Waals surface area contributed by atoms with E-state index in [0.717, 1.165) is 5.56 Å². The molecule has 2 aromatic carbocycles. The third-order valence-electron chi connectivity index (χ3n) is 4.90. The second-order valence-electron chi connectivity index (χ2n) is 6.77. The monoisotopic (exact) mass is 417 g/mol. The van der Waals surface area contributed by atoms with Crippen molar-refractivity contribution in [2.75, 3.05) is 13.7 Å². The fourth-order valence-corrected chi connectivity index (χ4v) is 3.55. The first-order chi connectivity index (χ1) is 15.0. The van der Waals surface area contributed by atoms with Crippen LogP contribution in [-0.2, 0) is 4.79 Å². The van der Waals surface area contributed by atoms with E-state index in [1.165, 1.54) is 0 Å². The highest BCUT2D eigenvalue weighted by Gasteiger charge is 2.37. The number of ether oxygens (including phenoxy) is 3. The van der Waals surface area contributed by atoms with Crippen LogP contribution in [0.3, 0.4) is 0 Å². The number of rotatable bonds is 6. The van der Waals surface area contributed by atoms with E-state index in [9.17, 15) is 10.1 Å². The Morgan fingerprint density at radius 2 is 2.10 bits per heavy atom. The largest absolute Gasteiger partial charge is 0.497 e. The van der Waals surface area contributed by atoms with Gasteiger partial charge in [0, 0.05) is 11.1 Å². The number of carbonyl (C=O) groups is 1. The van der Waals surface area contributed by atoms with Crippen LogP contribution in [0.4, 0.5) is 0 Å². The lowest BCUT2D eigenvalue weighted by Gasteiger charge is -2.25. The van der Waals surface area contributed by atoms with Crippen LogP contribution in [0.1, 0.15) is 17.0 Å². The van der Waals surface area contributed by atoms with Crippen molar-refractivity contribution in [1.82, 2.24) is 10.2 Å². The second-order valence-corrected chi connectivity index (χ2v) is 6.77. The average molecular weight is 417 g/mol. The molecule has 1 aliphatic rings. The fraction of sp³-hybridized carbons (Fsp3) is 0.136. The maximum atomic E-state index is 11.3.